The molecule has 0 aromatic rings. The third-order valence-electron chi connectivity index (χ3n) is 9.48. The summed E-state index contributed by atoms with van der Waals surface area (Å²) in [5, 5.41) is 43.2. The van der Waals surface area contributed by atoms with Gasteiger partial charge in [-0.05, 0) is 32.1 Å². The van der Waals surface area contributed by atoms with Crippen LogP contribution in [-0.2, 0) is 4.79 Å². The van der Waals surface area contributed by atoms with Crippen LogP contribution < -0.4 is 5.32 Å². The van der Waals surface area contributed by atoms with E-state index in [2.05, 4.69) is 31.3 Å². The van der Waals surface area contributed by atoms with Gasteiger partial charge in [-0.1, -0.05) is 187 Å². The number of aliphatic hydroxyl groups excluding tert-OH is 4. The monoisotopic (exact) mass is 654 g/mol. The Kier molecular flexibility index (Phi) is 34.6. The van der Waals surface area contributed by atoms with Crippen molar-refractivity contribution in [3.8, 4) is 0 Å². The van der Waals surface area contributed by atoms with Gasteiger partial charge in [-0.3, -0.25) is 4.79 Å². The highest BCUT2D eigenvalue weighted by molar-refractivity contribution is 5.80. The molecule has 5 N–H and O–H groups in total. The van der Waals surface area contributed by atoms with E-state index in [1.54, 1.807) is 0 Å². The van der Waals surface area contributed by atoms with Crippen LogP contribution in [0.4, 0.5) is 0 Å². The van der Waals surface area contributed by atoms with Crippen molar-refractivity contribution in [1.29, 1.82) is 0 Å². The molecule has 0 radical (unpaired) electrons. The van der Waals surface area contributed by atoms with E-state index < -0.39 is 36.9 Å². The molecule has 0 spiro atoms. The molecule has 0 heterocycles. The highest BCUT2D eigenvalue weighted by Crippen LogP contribution is 2.16. The maximum Gasteiger partial charge on any atom is 0.249 e. The zero-order valence-corrected chi connectivity index (χ0v) is 30.6. The number of rotatable bonds is 36. The largest absolute Gasteiger partial charge is 0.394 e. The molecule has 0 aromatic heterocycles. The van der Waals surface area contributed by atoms with E-state index in [-0.39, 0.29) is 0 Å². The summed E-state index contributed by atoms with van der Waals surface area (Å²) in [6.45, 7) is 3.95. The molecule has 0 saturated carbocycles. The van der Waals surface area contributed by atoms with Crippen LogP contribution in [0.5, 0.6) is 0 Å². The number of hydrogen-bond donors (Lipinski definition) is 5. The fourth-order valence-electron chi connectivity index (χ4n) is 6.21. The molecule has 0 aliphatic heterocycles. The van der Waals surface area contributed by atoms with Gasteiger partial charge < -0.3 is 25.7 Å². The van der Waals surface area contributed by atoms with Crippen LogP contribution in [-0.4, -0.2) is 57.3 Å². The first-order valence-electron chi connectivity index (χ1n) is 20.1. The molecule has 4 unspecified atom stereocenters. The molecule has 46 heavy (non-hydrogen) atoms. The first-order valence-corrected chi connectivity index (χ1v) is 20.1. The quantitative estimate of drug-likeness (QED) is 0.0342. The predicted octanol–water partition coefficient (Wildman–Crippen LogP) is 9.85. The summed E-state index contributed by atoms with van der Waals surface area (Å²) in [6, 6.07) is -0.994. The van der Waals surface area contributed by atoms with Gasteiger partial charge >= 0.3 is 0 Å². The van der Waals surface area contributed by atoms with Crippen molar-refractivity contribution in [2.24, 2.45) is 0 Å². The third kappa shape index (κ3) is 29.2. The lowest BCUT2D eigenvalue weighted by atomic mass is 10.00. The lowest BCUT2D eigenvalue weighted by Crippen LogP contribution is -2.53. The van der Waals surface area contributed by atoms with E-state index in [4.69, 9.17) is 0 Å². The average Bonchev–Trinajstić information content (AvgIpc) is 3.06. The first kappa shape index (κ1) is 45.0. The number of amides is 1. The van der Waals surface area contributed by atoms with Gasteiger partial charge in [-0.25, -0.2) is 0 Å². The van der Waals surface area contributed by atoms with Crippen LogP contribution in [0.15, 0.2) is 12.2 Å². The number of allylic oxidation sites excluding steroid dienone is 2. The van der Waals surface area contributed by atoms with E-state index in [0.29, 0.717) is 12.8 Å². The molecule has 6 heteroatoms. The molecule has 0 bridgehead atoms. The lowest BCUT2D eigenvalue weighted by molar-refractivity contribution is -0.132. The normalized spacial score (nSPS) is 14.5. The Bertz CT molecular complexity index is 658. The van der Waals surface area contributed by atoms with Crippen LogP contribution in [0.1, 0.15) is 206 Å². The van der Waals surface area contributed by atoms with Gasteiger partial charge in [0.1, 0.15) is 12.2 Å². The highest BCUT2D eigenvalue weighted by atomic mass is 16.3. The Labute approximate surface area is 285 Å². The number of aliphatic hydroxyl groups is 4. The van der Waals surface area contributed by atoms with Gasteiger partial charge in [0.2, 0.25) is 5.91 Å². The first-order chi connectivity index (χ1) is 22.5. The molecule has 0 saturated heterocycles. The molecule has 4 atom stereocenters. The maximum absolute atomic E-state index is 12.4. The fourth-order valence-corrected chi connectivity index (χ4v) is 6.21. The van der Waals surface area contributed by atoms with Gasteiger partial charge in [-0.15, -0.1) is 0 Å². The Balaban J connectivity index is 3.62. The van der Waals surface area contributed by atoms with Crippen molar-refractivity contribution in [2.75, 3.05) is 6.61 Å². The Morgan fingerprint density at radius 3 is 1.28 bits per heavy atom. The Morgan fingerprint density at radius 2 is 0.891 bits per heavy atom. The summed E-state index contributed by atoms with van der Waals surface area (Å²) in [6.07, 6.45) is 37.0. The second-order valence-corrected chi connectivity index (χ2v) is 14.0. The van der Waals surface area contributed by atoms with Crippen molar-refractivity contribution in [3.63, 3.8) is 0 Å². The lowest BCUT2D eigenvalue weighted by Gasteiger charge is -2.27. The molecule has 0 fully saturated rings. The minimum absolute atomic E-state index is 0.367. The second kappa shape index (κ2) is 35.4. The van der Waals surface area contributed by atoms with Crippen molar-refractivity contribution >= 4 is 5.91 Å². The van der Waals surface area contributed by atoms with Crippen LogP contribution in [0.3, 0.4) is 0 Å². The van der Waals surface area contributed by atoms with Crippen LogP contribution in [0.25, 0.3) is 0 Å². The Hall–Kier alpha value is -0.950. The van der Waals surface area contributed by atoms with Crippen LogP contribution in [0.2, 0.25) is 0 Å². The third-order valence-corrected chi connectivity index (χ3v) is 9.48. The highest BCUT2D eigenvalue weighted by Gasteiger charge is 2.28. The molecule has 1 amide bonds. The summed E-state index contributed by atoms with van der Waals surface area (Å²) in [7, 11) is 0. The van der Waals surface area contributed by atoms with Crippen LogP contribution >= 0.6 is 0 Å². The number of unbranched alkanes of at least 4 members (excludes halogenated alkanes) is 25. The molecule has 0 rings (SSSR count). The molecule has 0 aliphatic rings. The van der Waals surface area contributed by atoms with Gasteiger partial charge in [0.25, 0.3) is 0 Å². The molecule has 274 valence electrons. The van der Waals surface area contributed by atoms with Crippen LogP contribution in [0, 0.1) is 0 Å². The number of hydrogen-bond acceptors (Lipinski definition) is 5. The summed E-state index contributed by atoms with van der Waals surface area (Å²) in [4.78, 5) is 12.4. The standard InChI is InChI=1S/C40H79NO5/c1-3-5-7-9-11-12-13-14-15-16-17-18-19-20-21-22-23-24-25-26-28-30-32-34-38(44)40(46)41-36(35-42)39(45)37(43)33-31-29-27-10-8-6-4-2/h10,27,36-39,42-45H,3-9,11-26,28-35H2,1-2H3,(H,41,46)/b27-10+. The number of carbonyl (C=O) groups excluding carboxylic acids is 1. The molecule has 0 aliphatic carbocycles. The second-order valence-electron chi connectivity index (χ2n) is 14.0. The van der Waals surface area contributed by atoms with E-state index in [9.17, 15) is 25.2 Å². The smallest absolute Gasteiger partial charge is 0.249 e. The minimum Gasteiger partial charge on any atom is -0.394 e. The summed E-state index contributed by atoms with van der Waals surface area (Å²) in [5.41, 5.74) is 0. The summed E-state index contributed by atoms with van der Waals surface area (Å²) in [5.74, 6) is -0.594. The van der Waals surface area contributed by atoms with Crippen molar-refractivity contribution in [1.82, 2.24) is 5.32 Å². The molecular weight excluding hydrogens is 574 g/mol. The number of carbonyl (C=O) groups is 1. The zero-order chi connectivity index (χ0) is 33.9. The minimum atomic E-state index is -1.27. The SMILES string of the molecule is CCCC/C=C/CCCC(O)C(O)C(CO)NC(=O)C(O)CCCCCCCCCCCCCCCCCCCCCCCCC. The van der Waals surface area contributed by atoms with Gasteiger partial charge in [0.15, 0.2) is 0 Å². The van der Waals surface area contributed by atoms with E-state index in [1.165, 1.54) is 135 Å². The maximum atomic E-state index is 12.4. The van der Waals surface area contributed by atoms with E-state index in [1.807, 2.05) is 0 Å². The predicted molar refractivity (Wildman–Crippen MR) is 196 cm³/mol. The fraction of sp³-hybridized carbons (Fsp3) is 0.925. The van der Waals surface area contributed by atoms with Crippen molar-refractivity contribution in [3.05, 3.63) is 12.2 Å². The molecule has 0 aromatic carbocycles. The summed E-state index contributed by atoms with van der Waals surface area (Å²) < 4.78 is 0. The average molecular weight is 654 g/mol. The number of nitrogens with one attached hydrogen (secondary N) is 1. The molecule has 6 nitrogen and oxygen atoms in total. The zero-order valence-electron chi connectivity index (χ0n) is 30.6. The molecular formula is C40H79NO5. The van der Waals surface area contributed by atoms with Crippen molar-refractivity contribution in [2.45, 2.75) is 231 Å². The van der Waals surface area contributed by atoms with Gasteiger partial charge in [0, 0.05) is 0 Å². The van der Waals surface area contributed by atoms with E-state index in [0.717, 1.165) is 44.9 Å². The Morgan fingerprint density at radius 1 is 0.522 bits per heavy atom. The topological polar surface area (TPSA) is 110 Å². The van der Waals surface area contributed by atoms with Crippen molar-refractivity contribution < 1.29 is 25.2 Å². The van der Waals surface area contributed by atoms with Gasteiger partial charge in [-0.2, -0.15) is 0 Å². The summed E-state index contributed by atoms with van der Waals surface area (Å²) >= 11 is 0. The van der Waals surface area contributed by atoms with E-state index >= 15 is 0 Å². The van der Waals surface area contributed by atoms with Gasteiger partial charge in [0.05, 0.1) is 18.8 Å².